The fraction of sp³-hybridized carbons (Fsp3) is 0.607. The minimum Gasteiger partial charge on any atom is -0.493 e. The summed E-state index contributed by atoms with van der Waals surface area (Å²) in [5.74, 6) is -0.684. The molecule has 3 aliphatic rings. The van der Waals surface area contributed by atoms with E-state index in [2.05, 4.69) is 5.32 Å². The molecule has 0 aromatic heterocycles. The van der Waals surface area contributed by atoms with E-state index in [1.165, 1.54) is 14.0 Å². The molecular formula is C28H38N2O9. The van der Waals surface area contributed by atoms with Crippen LogP contribution in [0.3, 0.4) is 0 Å². The number of fused-ring (bicyclic) bond motifs is 3. The lowest BCUT2D eigenvalue weighted by molar-refractivity contribution is -0.139. The second-order valence-electron chi connectivity index (χ2n) is 10.3. The lowest BCUT2D eigenvalue weighted by atomic mass is 9.77. The van der Waals surface area contributed by atoms with Crippen LogP contribution in [0.25, 0.3) is 0 Å². The number of hydrogen-bond acceptors (Lipinski definition) is 9. The van der Waals surface area contributed by atoms with E-state index in [9.17, 15) is 29.7 Å². The molecule has 2 heterocycles. The average Bonchev–Trinajstić information content (AvgIpc) is 3.58. The molecule has 0 bridgehead atoms. The Labute approximate surface area is 227 Å². The SMILES string of the molecule is COc1cc(CO)cc2c1OC1C2C(C(=O)NCCO)=CC(N(CC2CCCO2)C(=O)CCCC(C)=O)C1O. The van der Waals surface area contributed by atoms with Crippen LogP contribution in [-0.4, -0.2) is 95.6 Å². The van der Waals surface area contributed by atoms with Crippen LogP contribution in [0.1, 0.15) is 56.1 Å². The highest BCUT2D eigenvalue weighted by Gasteiger charge is 2.51. The summed E-state index contributed by atoms with van der Waals surface area (Å²) >= 11 is 0. The third-order valence-electron chi connectivity index (χ3n) is 7.52. The van der Waals surface area contributed by atoms with Crippen molar-refractivity contribution in [3.63, 3.8) is 0 Å². The minimum absolute atomic E-state index is 0.00919. The molecule has 1 fully saturated rings. The van der Waals surface area contributed by atoms with Gasteiger partial charge in [0.2, 0.25) is 11.8 Å². The summed E-state index contributed by atoms with van der Waals surface area (Å²) in [6, 6.07) is 2.46. The molecule has 11 nitrogen and oxygen atoms in total. The van der Waals surface area contributed by atoms with Gasteiger partial charge in [-0.15, -0.1) is 0 Å². The molecule has 1 aromatic carbocycles. The van der Waals surface area contributed by atoms with E-state index in [4.69, 9.17) is 14.2 Å². The molecule has 39 heavy (non-hydrogen) atoms. The number of nitrogens with one attached hydrogen (secondary N) is 1. The third kappa shape index (κ3) is 6.27. The van der Waals surface area contributed by atoms with Gasteiger partial charge >= 0.3 is 0 Å². The molecule has 2 aliphatic heterocycles. The lowest BCUT2D eigenvalue weighted by Crippen LogP contribution is -2.57. The van der Waals surface area contributed by atoms with Crippen LogP contribution in [-0.2, 0) is 25.7 Å². The first-order chi connectivity index (χ1) is 18.8. The molecule has 5 atom stereocenters. The van der Waals surface area contributed by atoms with Gasteiger partial charge in [0.15, 0.2) is 11.5 Å². The van der Waals surface area contributed by atoms with Crippen molar-refractivity contribution >= 4 is 17.6 Å². The summed E-state index contributed by atoms with van der Waals surface area (Å²) in [4.78, 5) is 39.9. The maximum Gasteiger partial charge on any atom is 0.247 e. The number of aliphatic hydroxyl groups is 3. The Morgan fingerprint density at radius 2 is 2.00 bits per heavy atom. The van der Waals surface area contributed by atoms with Crippen molar-refractivity contribution in [1.82, 2.24) is 10.2 Å². The van der Waals surface area contributed by atoms with Gasteiger partial charge in [0.25, 0.3) is 0 Å². The van der Waals surface area contributed by atoms with Gasteiger partial charge in [0, 0.05) is 43.7 Å². The van der Waals surface area contributed by atoms with E-state index >= 15 is 0 Å². The van der Waals surface area contributed by atoms with Gasteiger partial charge in [-0.05, 0) is 50.0 Å². The van der Waals surface area contributed by atoms with E-state index in [0.29, 0.717) is 35.7 Å². The number of ketones is 1. The Bertz CT molecular complexity index is 1100. The Morgan fingerprint density at radius 1 is 1.21 bits per heavy atom. The van der Waals surface area contributed by atoms with Crippen LogP contribution >= 0.6 is 0 Å². The number of nitrogens with zero attached hydrogens (tertiary/aromatic N) is 1. The second-order valence-corrected chi connectivity index (χ2v) is 10.3. The Balaban J connectivity index is 1.74. The van der Waals surface area contributed by atoms with Gasteiger partial charge in [0.1, 0.15) is 18.0 Å². The number of Topliss-reactive ketones (excluding diaryl/α,β-unsaturated/α-hetero) is 1. The summed E-state index contributed by atoms with van der Waals surface area (Å²) in [6.07, 6.45) is 1.68. The topological polar surface area (TPSA) is 155 Å². The van der Waals surface area contributed by atoms with Crippen molar-refractivity contribution in [2.45, 2.75) is 75.9 Å². The van der Waals surface area contributed by atoms with E-state index in [0.717, 1.165) is 12.8 Å². The summed E-state index contributed by atoms with van der Waals surface area (Å²) < 4.78 is 17.5. The van der Waals surface area contributed by atoms with Gasteiger partial charge in [-0.2, -0.15) is 0 Å². The number of carbonyl (C=O) groups excluding carboxylic acids is 3. The van der Waals surface area contributed by atoms with E-state index < -0.39 is 30.1 Å². The van der Waals surface area contributed by atoms with E-state index in [1.54, 1.807) is 23.1 Å². The molecule has 4 rings (SSSR count). The standard InChI is InChI=1S/C28H38N2O9/c1-16(33)5-3-7-23(34)30(14-18-6-4-10-38-18)21-13-20(28(36)29-8-9-31)24-19-11-17(15-32)12-22(37-2)26(19)39-27(24)25(21)35/h11-13,18,21,24-25,27,31-32,35H,3-10,14-15H2,1-2H3,(H,29,36). The molecule has 0 spiro atoms. The molecule has 214 valence electrons. The molecule has 5 unspecified atom stereocenters. The van der Waals surface area contributed by atoms with Crippen LogP contribution in [0.4, 0.5) is 0 Å². The number of carbonyl (C=O) groups is 3. The van der Waals surface area contributed by atoms with E-state index in [-0.39, 0.29) is 62.5 Å². The third-order valence-corrected chi connectivity index (χ3v) is 7.52. The molecule has 4 N–H and O–H groups in total. The fourth-order valence-corrected chi connectivity index (χ4v) is 5.65. The van der Waals surface area contributed by atoms with Crippen molar-refractivity contribution in [3.8, 4) is 11.5 Å². The normalized spacial score (nSPS) is 25.3. The van der Waals surface area contributed by atoms with Gasteiger partial charge in [-0.1, -0.05) is 0 Å². The largest absolute Gasteiger partial charge is 0.493 e. The highest BCUT2D eigenvalue weighted by Crippen LogP contribution is 2.51. The fourth-order valence-electron chi connectivity index (χ4n) is 5.65. The highest BCUT2D eigenvalue weighted by atomic mass is 16.5. The first-order valence-corrected chi connectivity index (χ1v) is 13.5. The van der Waals surface area contributed by atoms with Crippen molar-refractivity contribution in [2.75, 3.05) is 33.4 Å². The highest BCUT2D eigenvalue weighted by molar-refractivity contribution is 5.96. The van der Waals surface area contributed by atoms with Crippen LogP contribution in [0.5, 0.6) is 11.5 Å². The molecule has 11 heteroatoms. The first-order valence-electron chi connectivity index (χ1n) is 13.5. The Morgan fingerprint density at radius 3 is 2.64 bits per heavy atom. The molecule has 1 saturated heterocycles. The molecule has 0 saturated carbocycles. The van der Waals surface area contributed by atoms with Crippen molar-refractivity contribution in [2.24, 2.45) is 0 Å². The van der Waals surface area contributed by atoms with Crippen LogP contribution in [0.2, 0.25) is 0 Å². The zero-order valence-corrected chi connectivity index (χ0v) is 22.4. The number of aliphatic hydroxyl groups excluding tert-OH is 3. The first kappa shape index (κ1) is 29.0. The number of amides is 2. The smallest absolute Gasteiger partial charge is 0.247 e. The van der Waals surface area contributed by atoms with Gasteiger partial charge in [-0.3, -0.25) is 9.59 Å². The monoisotopic (exact) mass is 546 g/mol. The predicted octanol–water partition coefficient (Wildman–Crippen LogP) is 0.577. The predicted molar refractivity (Wildman–Crippen MR) is 139 cm³/mol. The van der Waals surface area contributed by atoms with Gasteiger partial charge in [0.05, 0.1) is 38.4 Å². The molecule has 1 aromatic rings. The zero-order chi connectivity index (χ0) is 28.1. The Hall–Kier alpha value is -2.99. The number of ether oxygens (including phenoxy) is 3. The number of benzene rings is 1. The van der Waals surface area contributed by atoms with Crippen LogP contribution < -0.4 is 14.8 Å². The second kappa shape index (κ2) is 12.9. The van der Waals surface area contributed by atoms with Crippen molar-refractivity contribution < 1.29 is 43.9 Å². The summed E-state index contributed by atoms with van der Waals surface area (Å²) in [6.45, 7) is 1.81. The van der Waals surface area contributed by atoms with Crippen LogP contribution in [0, 0.1) is 0 Å². The number of rotatable bonds is 12. The van der Waals surface area contributed by atoms with Crippen molar-refractivity contribution in [3.05, 3.63) is 34.9 Å². The summed E-state index contributed by atoms with van der Waals surface area (Å²) in [7, 11) is 1.47. The summed E-state index contributed by atoms with van der Waals surface area (Å²) in [5, 5.41) is 33.4. The maximum absolute atomic E-state index is 13.5. The van der Waals surface area contributed by atoms with Crippen molar-refractivity contribution in [1.29, 1.82) is 0 Å². The zero-order valence-electron chi connectivity index (χ0n) is 22.4. The van der Waals surface area contributed by atoms with Gasteiger partial charge < -0.3 is 44.5 Å². The quantitative estimate of drug-likeness (QED) is 0.295. The molecule has 1 aliphatic carbocycles. The minimum atomic E-state index is -1.20. The number of hydrogen-bond donors (Lipinski definition) is 4. The molecule has 0 radical (unpaired) electrons. The lowest BCUT2D eigenvalue weighted by Gasteiger charge is -2.41. The average molecular weight is 547 g/mol. The number of methoxy groups -OCH3 is 1. The molecule has 2 amide bonds. The maximum atomic E-state index is 13.5. The summed E-state index contributed by atoms with van der Waals surface area (Å²) in [5.41, 5.74) is 1.43. The van der Waals surface area contributed by atoms with Gasteiger partial charge in [-0.25, -0.2) is 0 Å². The molecular weight excluding hydrogens is 508 g/mol. The Kier molecular flexibility index (Phi) is 9.60. The van der Waals surface area contributed by atoms with E-state index in [1.807, 2.05) is 0 Å². The van der Waals surface area contributed by atoms with Crippen LogP contribution in [0.15, 0.2) is 23.8 Å².